The van der Waals surface area contributed by atoms with E-state index in [1.165, 1.54) is 4.57 Å². The Hall–Kier alpha value is -3.42. The van der Waals surface area contributed by atoms with Crippen LogP contribution in [0, 0.1) is 6.92 Å². The lowest BCUT2D eigenvalue weighted by Gasteiger charge is -2.14. The van der Waals surface area contributed by atoms with E-state index < -0.39 is 17.4 Å². The highest BCUT2D eigenvalue weighted by molar-refractivity contribution is 6.23. The highest BCUT2D eigenvalue weighted by atomic mass is 16.2. The molecular formula is C19H20N4O4. The number of hydrogen-bond acceptors (Lipinski definition) is 5. The Balaban J connectivity index is 1.99. The van der Waals surface area contributed by atoms with Crippen LogP contribution in [0.15, 0.2) is 29.1 Å². The fraction of sp³-hybridized carbons (Fsp3) is 0.263. The lowest BCUT2D eigenvalue weighted by Crippen LogP contribution is -2.24. The molecule has 0 bridgehead atoms. The average Bonchev–Trinajstić information content (AvgIpc) is 2.89. The lowest BCUT2D eigenvalue weighted by atomic mass is 10.1. The number of amides is 3. The first kappa shape index (κ1) is 18.4. The van der Waals surface area contributed by atoms with Crippen molar-refractivity contribution in [2.45, 2.75) is 33.1 Å². The zero-order valence-electron chi connectivity index (χ0n) is 15.1. The molecule has 8 heteroatoms. The molecule has 0 unspecified atom stereocenters. The van der Waals surface area contributed by atoms with Gasteiger partial charge in [0, 0.05) is 18.2 Å². The Kier molecular flexibility index (Phi) is 4.81. The Labute approximate surface area is 155 Å². The van der Waals surface area contributed by atoms with E-state index >= 15 is 0 Å². The molecule has 2 aromatic rings. The topological polar surface area (TPSA) is 123 Å². The Morgan fingerprint density at radius 2 is 1.93 bits per heavy atom. The van der Waals surface area contributed by atoms with Crippen molar-refractivity contribution >= 4 is 29.2 Å². The predicted octanol–water partition coefficient (Wildman–Crippen LogP) is 1.74. The number of aryl methyl sites for hydroxylation is 1. The highest BCUT2D eigenvalue weighted by Gasteiger charge is 2.31. The van der Waals surface area contributed by atoms with Gasteiger partial charge in [0.2, 0.25) is 5.91 Å². The molecule has 3 rings (SSSR count). The van der Waals surface area contributed by atoms with Crippen molar-refractivity contribution in [3.8, 4) is 5.69 Å². The maximum atomic E-state index is 12.5. The molecule has 8 nitrogen and oxygen atoms in total. The van der Waals surface area contributed by atoms with Crippen LogP contribution >= 0.6 is 0 Å². The summed E-state index contributed by atoms with van der Waals surface area (Å²) in [5.74, 6) is -1.43. The van der Waals surface area contributed by atoms with Crippen LogP contribution in [0.3, 0.4) is 0 Å². The van der Waals surface area contributed by atoms with E-state index in [-0.39, 0.29) is 22.9 Å². The number of nitrogen functional groups attached to an aromatic ring is 1. The van der Waals surface area contributed by atoms with Crippen LogP contribution in [0.1, 0.15) is 52.5 Å². The third-order valence-electron chi connectivity index (χ3n) is 4.45. The molecule has 1 aromatic carbocycles. The van der Waals surface area contributed by atoms with Crippen molar-refractivity contribution in [3.63, 3.8) is 0 Å². The number of imide groups is 1. The van der Waals surface area contributed by atoms with Crippen molar-refractivity contribution in [2.24, 2.45) is 0 Å². The van der Waals surface area contributed by atoms with Gasteiger partial charge in [-0.3, -0.25) is 29.1 Å². The monoisotopic (exact) mass is 368 g/mol. The summed E-state index contributed by atoms with van der Waals surface area (Å²) in [4.78, 5) is 48.1. The molecule has 0 spiro atoms. The predicted molar refractivity (Wildman–Crippen MR) is 101 cm³/mol. The molecule has 27 heavy (non-hydrogen) atoms. The molecule has 1 aliphatic heterocycles. The van der Waals surface area contributed by atoms with Gasteiger partial charge in [0.1, 0.15) is 5.82 Å². The van der Waals surface area contributed by atoms with Crippen LogP contribution in [-0.4, -0.2) is 22.3 Å². The van der Waals surface area contributed by atoms with E-state index in [0.29, 0.717) is 17.8 Å². The van der Waals surface area contributed by atoms with Crippen molar-refractivity contribution in [1.29, 1.82) is 0 Å². The van der Waals surface area contributed by atoms with Gasteiger partial charge in [-0.2, -0.15) is 0 Å². The minimum absolute atomic E-state index is 0.00537. The number of unbranched alkanes of at least 4 members (excludes halogenated alkanes) is 1. The second kappa shape index (κ2) is 7.06. The SMILES string of the molecule is CCCCC(=O)Nc1ccc(-n2c(N)c3c(cc2=O)C(=O)NC3=O)cc1C. The number of rotatable bonds is 5. The first-order valence-electron chi connectivity index (χ1n) is 8.65. The van der Waals surface area contributed by atoms with Gasteiger partial charge in [-0.25, -0.2) is 0 Å². The maximum Gasteiger partial charge on any atom is 0.262 e. The summed E-state index contributed by atoms with van der Waals surface area (Å²) in [7, 11) is 0. The van der Waals surface area contributed by atoms with Gasteiger partial charge in [0.25, 0.3) is 17.4 Å². The Morgan fingerprint density at radius 1 is 1.19 bits per heavy atom. The second-order valence-corrected chi connectivity index (χ2v) is 6.43. The fourth-order valence-corrected chi connectivity index (χ4v) is 3.02. The number of hydrogen-bond donors (Lipinski definition) is 3. The molecule has 3 amide bonds. The first-order valence-corrected chi connectivity index (χ1v) is 8.65. The normalized spacial score (nSPS) is 12.7. The number of nitrogens with zero attached hydrogens (tertiary/aromatic N) is 1. The summed E-state index contributed by atoms with van der Waals surface area (Å²) in [6, 6.07) is 6.09. The minimum Gasteiger partial charge on any atom is -0.384 e. The molecule has 0 saturated heterocycles. The van der Waals surface area contributed by atoms with E-state index in [1.54, 1.807) is 25.1 Å². The van der Waals surface area contributed by atoms with Crippen molar-refractivity contribution < 1.29 is 14.4 Å². The third-order valence-corrected chi connectivity index (χ3v) is 4.45. The summed E-state index contributed by atoms with van der Waals surface area (Å²) in [6.45, 7) is 3.81. The summed E-state index contributed by atoms with van der Waals surface area (Å²) in [5, 5.41) is 4.97. The molecule has 0 fully saturated rings. The van der Waals surface area contributed by atoms with Crippen LogP contribution in [0.5, 0.6) is 0 Å². The molecule has 140 valence electrons. The lowest BCUT2D eigenvalue weighted by molar-refractivity contribution is -0.116. The second-order valence-electron chi connectivity index (χ2n) is 6.43. The van der Waals surface area contributed by atoms with Crippen LogP contribution in [0.25, 0.3) is 5.69 Å². The molecule has 0 radical (unpaired) electrons. The average molecular weight is 368 g/mol. The zero-order chi connectivity index (χ0) is 19.7. The van der Waals surface area contributed by atoms with Crippen LogP contribution in [0.2, 0.25) is 0 Å². The van der Waals surface area contributed by atoms with Crippen molar-refractivity contribution in [2.75, 3.05) is 11.1 Å². The first-order chi connectivity index (χ1) is 12.8. The quantitative estimate of drug-likeness (QED) is 0.694. The van der Waals surface area contributed by atoms with Crippen LogP contribution in [0.4, 0.5) is 11.5 Å². The highest BCUT2D eigenvalue weighted by Crippen LogP contribution is 2.25. The summed E-state index contributed by atoms with van der Waals surface area (Å²) < 4.78 is 1.17. The van der Waals surface area contributed by atoms with E-state index in [9.17, 15) is 19.2 Å². The largest absolute Gasteiger partial charge is 0.384 e. The van der Waals surface area contributed by atoms with Gasteiger partial charge in [-0.1, -0.05) is 13.3 Å². The van der Waals surface area contributed by atoms with Crippen molar-refractivity contribution in [1.82, 2.24) is 9.88 Å². The molecule has 0 atom stereocenters. The summed E-state index contributed by atoms with van der Waals surface area (Å²) in [6.07, 6.45) is 2.19. The minimum atomic E-state index is -0.632. The number of carbonyl (C=O) groups excluding carboxylic acids is 3. The molecule has 4 N–H and O–H groups in total. The van der Waals surface area contributed by atoms with Crippen LogP contribution < -0.4 is 21.9 Å². The molecule has 0 saturated carbocycles. The van der Waals surface area contributed by atoms with Gasteiger partial charge < -0.3 is 11.1 Å². The van der Waals surface area contributed by atoms with Gasteiger partial charge in [-0.05, 0) is 37.1 Å². The van der Waals surface area contributed by atoms with E-state index in [1.807, 2.05) is 6.92 Å². The van der Waals surface area contributed by atoms with Gasteiger partial charge in [0.05, 0.1) is 16.8 Å². The fourth-order valence-electron chi connectivity index (χ4n) is 3.02. The molecule has 2 heterocycles. The van der Waals surface area contributed by atoms with E-state index in [0.717, 1.165) is 24.5 Å². The summed E-state index contributed by atoms with van der Waals surface area (Å²) in [5.41, 5.74) is 7.30. The Morgan fingerprint density at radius 3 is 2.59 bits per heavy atom. The Bertz CT molecular complexity index is 1020. The number of pyridine rings is 1. The van der Waals surface area contributed by atoms with E-state index in [4.69, 9.17) is 5.73 Å². The van der Waals surface area contributed by atoms with E-state index in [2.05, 4.69) is 10.6 Å². The molecule has 1 aliphatic rings. The van der Waals surface area contributed by atoms with Gasteiger partial charge in [-0.15, -0.1) is 0 Å². The van der Waals surface area contributed by atoms with Crippen molar-refractivity contribution in [3.05, 3.63) is 51.3 Å². The number of nitrogens with two attached hydrogens (primary N) is 1. The zero-order valence-corrected chi connectivity index (χ0v) is 15.1. The van der Waals surface area contributed by atoms with Gasteiger partial charge in [0.15, 0.2) is 0 Å². The number of carbonyl (C=O) groups is 3. The number of benzene rings is 1. The number of aromatic nitrogens is 1. The molecule has 0 aliphatic carbocycles. The van der Waals surface area contributed by atoms with Crippen LogP contribution in [-0.2, 0) is 4.79 Å². The maximum absolute atomic E-state index is 12.5. The van der Waals surface area contributed by atoms with Gasteiger partial charge >= 0.3 is 0 Å². The molecular weight excluding hydrogens is 348 g/mol. The third kappa shape index (κ3) is 3.33. The number of nitrogens with one attached hydrogen (secondary N) is 2. The number of anilines is 2. The number of fused-ring (bicyclic) bond motifs is 1. The standard InChI is InChI=1S/C19H20N4O4/c1-3-4-5-14(24)21-13-7-6-11(8-10(13)2)23-15(25)9-12-16(17(23)20)19(27)22-18(12)26/h6-9H,3-5,20H2,1-2H3,(H,21,24)(H,22,26,27). The smallest absolute Gasteiger partial charge is 0.262 e. The molecule has 1 aromatic heterocycles. The summed E-state index contributed by atoms with van der Waals surface area (Å²) >= 11 is 0.